The number of piperidine rings is 1. The van der Waals surface area contributed by atoms with Gasteiger partial charge in [-0.1, -0.05) is 52.3 Å². The Morgan fingerprint density at radius 2 is 1.69 bits per heavy atom. The maximum Gasteiger partial charge on any atom is 0.0581 e. The van der Waals surface area contributed by atoms with Crippen LogP contribution in [0.5, 0.6) is 0 Å². The fourth-order valence-electron chi connectivity index (χ4n) is 6.96. The number of allylic oxidation sites excluding steroid dienone is 2. The number of likely N-dealkylation sites (N-methyl/N-ethyl adjacent to an activating group) is 1. The van der Waals surface area contributed by atoms with Crippen LogP contribution in [0.3, 0.4) is 0 Å². The molecule has 0 bridgehead atoms. The highest BCUT2D eigenvalue weighted by Crippen LogP contribution is 2.63. The molecule has 1 heteroatoms. The van der Waals surface area contributed by atoms with Crippen LogP contribution in [0.4, 0.5) is 0 Å². The van der Waals surface area contributed by atoms with Crippen LogP contribution in [-0.4, -0.2) is 17.5 Å². The van der Waals surface area contributed by atoms with E-state index in [-0.39, 0.29) is 5.54 Å². The Hall–Kier alpha value is -0.720. The van der Waals surface area contributed by atoms with E-state index in [9.17, 15) is 0 Å². The second-order valence-electron chi connectivity index (χ2n) is 10.9. The summed E-state index contributed by atoms with van der Waals surface area (Å²) in [6.45, 7) is 14.1. The molecule has 4 aliphatic carbocycles. The van der Waals surface area contributed by atoms with Crippen LogP contribution in [0.1, 0.15) is 79.1 Å². The van der Waals surface area contributed by atoms with Crippen molar-refractivity contribution in [2.75, 3.05) is 7.05 Å². The first-order valence-corrected chi connectivity index (χ1v) is 11.4. The minimum absolute atomic E-state index is 0.217. The van der Waals surface area contributed by atoms with E-state index in [4.69, 9.17) is 0 Å². The Bertz CT molecular complexity index is 587. The lowest BCUT2D eigenvalue weighted by molar-refractivity contribution is -0.0384. The van der Waals surface area contributed by atoms with Crippen LogP contribution in [0.15, 0.2) is 24.4 Å². The Kier molecular flexibility index (Phi) is 4.60. The minimum atomic E-state index is 0.217. The Morgan fingerprint density at radius 1 is 1.00 bits per heavy atom. The highest BCUT2D eigenvalue weighted by molar-refractivity contribution is 5.25. The van der Waals surface area contributed by atoms with Gasteiger partial charge in [0.15, 0.2) is 0 Å². The molecule has 3 saturated carbocycles. The first-order valence-electron chi connectivity index (χ1n) is 11.4. The van der Waals surface area contributed by atoms with Gasteiger partial charge < -0.3 is 4.90 Å². The molecule has 7 atom stereocenters. The summed E-state index contributed by atoms with van der Waals surface area (Å²) in [5.41, 5.74) is 2.16. The van der Waals surface area contributed by atoms with Crippen molar-refractivity contribution in [2.24, 2.45) is 40.9 Å². The van der Waals surface area contributed by atoms with Gasteiger partial charge in [-0.05, 0) is 86.4 Å². The molecule has 26 heavy (non-hydrogen) atoms. The van der Waals surface area contributed by atoms with Crippen LogP contribution >= 0.6 is 0 Å². The Labute approximate surface area is 162 Å². The number of nitrogens with zero attached hydrogens (tertiary/aromatic N) is 1. The smallest absolute Gasteiger partial charge is 0.0581 e. The molecule has 7 unspecified atom stereocenters. The largest absolute Gasteiger partial charge is 0.369 e. The third-order valence-electron chi connectivity index (χ3n) is 9.59. The number of hydrogen-bond donors (Lipinski definition) is 0. The van der Waals surface area contributed by atoms with E-state index in [0.717, 1.165) is 35.5 Å². The fraction of sp³-hybridized carbons (Fsp3) is 0.840. The maximum atomic E-state index is 4.30. The van der Waals surface area contributed by atoms with Crippen LogP contribution < -0.4 is 0 Å². The van der Waals surface area contributed by atoms with Crippen molar-refractivity contribution < 1.29 is 0 Å². The highest BCUT2D eigenvalue weighted by atomic mass is 15.2. The zero-order valence-electron chi connectivity index (χ0n) is 17.9. The molecule has 1 saturated heterocycles. The van der Waals surface area contributed by atoms with E-state index in [1.54, 1.807) is 0 Å². The Balaban J connectivity index is 0.000000373. The molecule has 0 aromatic carbocycles. The van der Waals surface area contributed by atoms with Gasteiger partial charge in [0.25, 0.3) is 0 Å². The van der Waals surface area contributed by atoms with Gasteiger partial charge in [0, 0.05) is 12.7 Å². The maximum absolute atomic E-state index is 4.30. The third kappa shape index (κ3) is 2.80. The standard InChI is InChI=1S/C21H33N.C4H8/c1-14-6-8-18-16-11-13-21(4)19(9-7-15(2)22(21)5)17(16)10-12-20(14,18)3;1-4-2-3-4/h11,13-14,16-19H,2,6-10,12H2,1,3-5H3;4H,2-3H2,1H3. The summed E-state index contributed by atoms with van der Waals surface area (Å²) >= 11 is 0. The lowest BCUT2D eigenvalue weighted by Crippen LogP contribution is -2.58. The van der Waals surface area contributed by atoms with E-state index in [0.29, 0.717) is 5.41 Å². The zero-order chi connectivity index (χ0) is 18.7. The van der Waals surface area contributed by atoms with Crippen molar-refractivity contribution in [3.05, 3.63) is 24.4 Å². The third-order valence-corrected chi connectivity index (χ3v) is 9.59. The summed E-state index contributed by atoms with van der Waals surface area (Å²) in [6, 6.07) is 0. The zero-order valence-corrected chi connectivity index (χ0v) is 17.9. The van der Waals surface area contributed by atoms with Crippen molar-refractivity contribution >= 4 is 0 Å². The number of hydrogen-bond acceptors (Lipinski definition) is 1. The molecule has 146 valence electrons. The summed E-state index contributed by atoms with van der Waals surface area (Å²) in [5, 5.41) is 0. The first-order chi connectivity index (χ1) is 12.3. The highest BCUT2D eigenvalue weighted by Gasteiger charge is 2.57. The molecule has 0 amide bonds. The van der Waals surface area contributed by atoms with E-state index in [2.05, 4.69) is 58.4 Å². The van der Waals surface area contributed by atoms with Gasteiger partial charge in [0.1, 0.15) is 0 Å². The van der Waals surface area contributed by atoms with Crippen molar-refractivity contribution in [3.8, 4) is 0 Å². The van der Waals surface area contributed by atoms with Crippen molar-refractivity contribution in [2.45, 2.75) is 84.6 Å². The van der Waals surface area contributed by atoms with E-state index in [1.165, 1.54) is 57.1 Å². The lowest BCUT2D eigenvalue weighted by atomic mass is 9.51. The van der Waals surface area contributed by atoms with Crippen molar-refractivity contribution in [1.82, 2.24) is 4.90 Å². The molecule has 1 aliphatic heterocycles. The van der Waals surface area contributed by atoms with Crippen LogP contribution in [0.25, 0.3) is 0 Å². The molecule has 0 N–H and O–H groups in total. The van der Waals surface area contributed by atoms with Gasteiger partial charge in [-0.3, -0.25) is 0 Å². The Morgan fingerprint density at radius 3 is 2.35 bits per heavy atom. The minimum Gasteiger partial charge on any atom is -0.369 e. The molecular formula is C25H41N. The SMILES string of the molecule is C=C1CCC2C3CCC4(C)C(C)CCC4C3C=CC2(C)N1C.CC1CC1. The van der Waals surface area contributed by atoms with Gasteiger partial charge >= 0.3 is 0 Å². The average Bonchev–Trinajstić information content (AvgIpc) is 3.34. The molecule has 1 heterocycles. The normalized spacial score (nSPS) is 49.7. The summed E-state index contributed by atoms with van der Waals surface area (Å²) in [5.74, 6) is 5.54. The predicted molar refractivity (Wildman–Crippen MR) is 112 cm³/mol. The molecule has 0 aromatic heterocycles. The van der Waals surface area contributed by atoms with Gasteiger partial charge in [-0.15, -0.1) is 0 Å². The summed E-state index contributed by atoms with van der Waals surface area (Å²) in [7, 11) is 2.27. The van der Waals surface area contributed by atoms with Crippen molar-refractivity contribution in [1.29, 1.82) is 0 Å². The van der Waals surface area contributed by atoms with Crippen LogP contribution in [0.2, 0.25) is 0 Å². The number of likely N-dealkylation sites (tertiary alicyclic amines) is 1. The van der Waals surface area contributed by atoms with Crippen LogP contribution in [-0.2, 0) is 0 Å². The average molecular weight is 356 g/mol. The molecule has 4 fully saturated rings. The van der Waals surface area contributed by atoms with Crippen molar-refractivity contribution in [3.63, 3.8) is 0 Å². The molecule has 5 aliphatic rings. The van der Waals surface area contributed by atoms with Gasteiger partial charge in [-0.25, -0.2) is 0 Å². The second-order valence-corrected chi connectivity index (χ2v) is 10.9. The van der Waals surface area contributed by atoms with Gasteiger partial charge in [0.05, 0.1) is 5.54 Å². The molecule has 5 rings (SSSR count). The fourth-order valence-corrected chi connectivity index (χ4v) is 6.96. The molecule has 0 spiro atoms. The first kappa shape index (κ1) is 18.6. The monoisotopic (exact) mass is 355 g/mol. The molecular weight excluding hydrogens is 314 g/mol. The van der Waals surface area contributed by atoms with Gasteiger partial charge in [0.2, 0.25) is 0 Å². The summed E-state index contributed by atoms with van der Waals surface area (Å²) < 4.78 is 0. The van der Waals surface area contributed by atoms with E-state index >= 15 is 0 Å². The molecule has 0 aromatic rings. The number of rotatable bonds is 0. The second kappa shape index (κ2) is 6.42. The molecule has 0 radical (unpaired) electrons. The van der Waals surface area contributed by atoms with E-state index < -0.39 is 0 Å². The summed E-state index contributed by atoms with van der Waals surface area (Å²) in [6.07, 6.45) is 16.6. The quantitative estimate of drug-likeness (QED) is 0.439. The lowest BCUT2D eigenvalue weighted by Gasteiger charge is -2.59. The number of fused-ring (bicyclic) bond motifs is 5. The van der Waals surface area contributed by atoms with E-state index in [1.807, 2.05) is 0 Å². The van der Waals surface area contributed by atoms with Gasteiger partial charge in [-0.2, -0.15) is 0 Å². The summed E-state index contributed by atoms with van der Waals surface area (Å²) in [4.78, 5) is 2.49. The topological polar surface area (TPSA) is 3.24 Å². The predicted octanol–water partition coefficient (Wildman–Crippen LogP) is 6.67. The van der Waals surface area contributed by atoms with Crippen LogP contribution in [0, 0.1) is 40.9 Å². The molecule has 1 nitrogen and oxygen atoms in total.